The highest BCUT2D eigenvalue weighted by atomic mass is 16.2. The zero-order chi connectivity index (χ0) is 21.1. The van der Waals surface area contributed by atoms with Crippen LogP contribution in [0, 0.1) is 19.8 Å². The van der Waals surface area contributed by atoms with E-state index in [4.69, 9.17) is 0 Å². The molecule has 7 heteroatoms. The van der Waals surface area contributed by atoms with Crippen molar-refractivity contribution in [3.63, 3.8) is 0 Å². The van der Waals surface area contributed by atoms with Crippen LogP contribution in [0.5, 0.6) is 0 Å². The number of carbonyl (C=O) groups excluding carboxylic acids is 2. The van der Waals surface area contributed by atoms with E-state index < -0.39 is 0 Å². The summed E-state index contributed by atoms with van der Waals surface area (Å²) in [4.78, 5) is 31.9. The van der Waals surface area contributed by atoms with Crippen LogP contribution in [0.15, 0.2) is 42.6 Å². The Morgan fingerprint density at radius 2 is 1.90 bits per heavy atom. The van der Waals surface area contributed by atoms with Gasteiger partial charge >= 0.3 is 0 Å². The lowest BCUT2D eigenvalue weighted by atomic mass is 9.94. The van der Waals surface area contributed by atoms with E-state index in [1.54, 1.807) is 6.20 Å². The van der Waals surface area contributed by atoms with Gasteiger partial charge in [0, 0.05) is 30.9 Å². The molecule has 2 unspecified atom stereocenters. The highest BCUT2D eigenvalue weighted by molar-refractivity contribution is 5.93. The van der Waals surface area contributed by atoms with E-state index in [0.29, 0.717) is 32.4 Å². The number of nitrogens with one attached hydrogen (secondary N) is 3. The zero-order valence-electron chi connectivity index (χ0n) is 17.5. The van der Waals surface area contributed by atoms with Crippen molar-refractivity contribution < 1.29 is 9.59 Å². The Labute approximate surface area is 177 Å². The third kappa shape index (κ3) is 4.52. The van der Waals surface area contributed by atoms with Gasteiger partial charge in [0.15, 0.2) is 0 Å². The molecule has 0 aliphatic carbocycles. The van der Waals surface area contributed by atoms with Crippen LogP contribution in [0.25, 0.3) is 0 Å². The van der Waals surface area contributed by atoms with E-state index in [9.17, 15) is 9.59 Å². The van der Waals surface area contributed by atoms with Crippen LogP contribution in [0.3, 0.4) is 0 Å². The van der Waals surface area contributed by atoms with Crippen molar-refractivity contribution in [2.24, 2.45) is 5.92 Å². The molecule has 158 valence electrons. The molecule has 2 fully saturated rings. The molecule has 3 heterocycles. The van der Waals surface area contributed by atoms with Gasteiger partial charge in [-0.25, -0.2) is 10.9 Å². The molecule has 2 atom stereocenters. The number of amides is 2. The van der Waals surface area contributed by atoms with Crippen molar-refractivity contribution in [3.8, 4) is 0 Å². The van der Waals surface area contributed by atoms with Gasteiger partial charge in [-0.3, -0.25) is 14.6 Å². The monoisotopic (exact) mass is 407 g/mol. The summed E-state index contributed by atoms with van der Waals surface area (Å²) in [5.74, 6) is 0.0749. The molecule has 0 spiro atoms. The molecule has 7 nitrogen and oxygen atoms in total. The zero-order valence-corrected chi connectivity index (χ0v) is 17.5. The maximum absolute atomic E-state index is 12.9. The first-order chi connectivity index (χ1) is 14.5. The molecule has 30 heavy (non-hydrogen) atoms. The van der Waals surface area contributed by atoms with Gasteiger partial charge in [-0.15, -0.1) is 0 Å². The van der Waals surface area contributed by atoms with Crippen molar-refractivity contribution in [2.45, 2.75) is 45.2 Å². The predicted octanol–water partition coefficient (Wildman–Crippen LogP) is 2.48. The van der Waals surface area contributed by atoms with E-state index in [0.717, 1.165) is 22.5 Å². The largest absolute Gasteiger partial charge is 0.341 e. The molecule has 1 aromatic heterocycles. The third-order valence-electron chi connectivity index (χ3n) is 6.07. The predicted molar refractivity (Wildman–Crippen MR) is 116 cm³/mol. The van der Waals surface area contributed by atoms with Crippen molar-refractivity contribution in [1.29, 1.82) is 0 Å². The third-order valence-corrected chi connectivity index (χ3v) is 6.07. The number of rotatable bonds is 4. The Morgan fingerprint density at radius 1 is 1.10 bits per heavy atom. The summed E-state index contributed by atoms with van der Waals surface area (Å²) in [5.41, 5.74) is 10.3. The lowest BCUT2D eigenvalue weighted by molar-refractivity contribution is -0.136. The number of anilines is 1. The van der Waals surface area contributed by atoms with Crippen molar-refractivity contribution in [1.82, 2.24) is 20.7 Å². The molecule has 0 saturated carbocycles. The second kappa shape index (κ2) is 8.93. The summed E-state index contributed by atoms with van der Waals surface area (Å²) in [5, 5.41) is 3.07. The average Bonchev–Trinajstić information content (AvgIpc) is 3.27. The highest BCUT2D eigenvalue weighted by Gasteiger charge is 2.35. The van der Waals surface area contributed by atoms with Gasteiger partial charge in [0.1, 0.15) is 6.04 Å². The van der Waals surface area contributed by atoms with Gasteiger partial charge in [-0.1, -0.05) is 18.2 Å². The number of aromatic nitrogens is 1. The number of benzene rings is 1. The standard InChI is InChI=1S/C23H29N5O2/c1-15-6-7-16(2)19(13-15)25-22(29)17-8-11-28(12-9-17)23(30)21-14-20(26-27-21)18-5-3-4-10-24-18/h3-7,10,13,17,20-21,26-27H,8-9,11-12,14H2,1-2H3,(H,25,29). The molecule has 1 aromatic carbocycles. The molecule has 2 aliphatic heterocycles. The van der Waals surface area contributed by atoms with Crippen molar-refractivity contribution in [2.75, 3.05) is 18.4 Å². The Balaban J connectivity index is 1.28. The Bertz CT molecular complexity index is 909. The van der Waals surface area contributed by atoms with Crippen LogP contribution in [-0.2, 0) is 9.59 Å². The number of hydrazine groups is 1. The summed E-state index contributed by atoms with van der Waals surface area (Å²) in [6, 6.07) is 11.6. The molecule has 2 amide bonds. The molecular formula is C23H29N5O2. The van der Waals surface area contributed by atoms with Gasteiger partial charge in [0.05, 0.1) is 11.7 Å². The highest BCUT2D eigenvalue weighted by Crippen LogP contribution is 2.25. The van der Waals surface area contributed by atoms with Gasteiger partial charge in [-0.05, 0) is 62.4 Å². The quantitative estimate of drug-likeness (QED) is 0.725. The average molecular weight is 408 g/mol. The Hall–Kier alpha value is -2.77. The number of nitrogens with zero attached hydrogens (tertiary/aromatic N) is 2. The van der Waals surface area contributed by atoms with Crippen LogP contribution in [-0.4, -0.2) is 40.8 Å². The minimum absolute atomic E-state index is 0.0287. The fourth-order valence-corrected chi connectivity index (χ4v) is 4.18. The second-order valence-corrected chi connectivity index (χ2v) is 8.29. The van der Waals surface area contributed by atoms with Crippen LogP contribution >= 0.6 is 0 Å². The van der Waals surface area contributed by atoms with Crippen LogP contribution in [0.2, 0.25) is 0 Å². The SMILES string of the molecule is Cc1ccc(C)c(NC(=O)C2CCN(C(=O)C3CC(c4ccccn4)NN3)CC2)c1. The number of piperidine rings is 1. The molecular weight excluding hydrogens is 378 g/mol. The smallest absolute Gasteiger partial charge is 0.241 e. The lowest BCUT2D eigenvalue weighted by Crippen LogP contribution is -2.49. The molecule has 2 aromatic rings. The molecule has 4 rings (SSSR count). The first-order valence-electron chi connectivity index (χ1n) is 10.6. The first kappa shape index (κ1) is 20.5. The molecule has 3 N–H and O–H groups in total. The topological polar surface area (TPSA) is 86.4 Å². The number of hydrogen-bond acceptors (Lipinski definition) is 5. The molecule has 2 aliphatic rings. The number of pyridine rings is 1. The van der Waals surface area contributed by atoms with Crippen LogP contribution in [0.1, 0.15) is 42.1 Å². The minimum atomic E-state index is -0.266. The summed E-state index contributed by atoms with van der Waals surface area (Å²) in [6.07, 6.45) is 3.81. The van der Waals surface area contributed by atoms with E-state index in [-0.39, 0.29) is 29.8 Å². The summed E-state index contributed by atoms with van der Waals surface area (Å²) < 4.78 is 0. The van der Waals surface area contributed by atoms with Crippen LogP contribution < -0.4 is 16.2 Å². The van der Waals surface area contributed by atoms with Gasteiger partial charge in [0.2, 0.25) is 11.8 Å². The fraction of sp³-hybridized carbons (Fsp3) is 0.435. The van der Waals surface area contributed by atoms with Crippen molar-refractivity contribution in [3.05, 3.63) is 59.4 Å². The molecule has 0 radical (unpaired) electrons. The maximum Gasteiger partial charge on any atom is 0.241 e. The summed E-state index contributed by atoms with van der Waals surface area (Å²) in [7, 11) is 0. The normalized spacial score (nSPS) is 22.1. The number of carbonyl (C=O) groups is 2. The number of aryl methyl sites for hydroxylation is 2. The van der Waals surface area contributed by atoms with E-state index >= 15 is 0 Å². The Kier molecular flexibility index (Phi) is 6.11. The van der Waals surface area contributed by atoms with E-state index in [2.05, 4.69) is 21.2 Å². The van der Waals surface area contributed by atoms with E-state index in [1.165, 1.54) is 0 Å². The summed E-state index contributed by atoms with van der Waals surface area (Å²) >= 11 is 0. The maximum atomic E-state index is 12.9. The van der Waals surface area contributed by atoms with Crippen LogP contribution in [0.4, 0.5) is 5.69 Å². The Morgan fingerprint density at radius 3 is 2.63 bits per heavy atom. The summed E-state index contributed by atoms with van der Waals surface area (Å²) in [6.45, 7) is 5.23. The van der Waals surface area contributed by atoms with Crippen molar-refractivity contribution >= 4 is 17.5 Å². The van der Waals surface area contributed by atoms with Gasteiger partial charge < -0.3 is 10.2 Å². The number of hydrogen-bond donors (Lipinski definition) is 3. The fourth-order valence-electron chi connectivity index (χ4n) is 4.18. The van der Waals surface area contributed by atoms with Gasteiger partial charge in [-0.2, -0.15) is 0 Å². The lowest BCUT2D eigenvalue weighted by Gasteiger charge is -2.33. The number of likely N-dealkylation sites (tertiary alicyclic amines) is 1. The minimum Gasteiger partial charge on any atom is -0.341 e. The second-order valence-electron chi connectivity index (χ2n) is 8.29. The first-order valence-corrected chi connectivity index (χ1v) is 10.6. The molecule has 2 saturated heterocycles. The van der Waals surface area contributed by atoms with Gasteiger partial charge in [0.25, 0.3) is 0 Å². The molecule has 0 bridgehead atoms. The van der Waals surface area contributed by atoms with E-state index in [1.807, 2.05) is 55.1 Å².